The smallest absolute Gasteiger partial charge is 0.346 e. The zero-order valence-corrected chi connectivity index (χ0v) is 16.2. The fourth-order valence-electron chi connectivity index (χ4n) is 2.78. The molecule has 1 aliphatic heterocycles. The molecule has 2 aromatic carbocycles. The second-order valence-electron chi connectivity index (χ2n) is 6.16. The Morgan fingerprint density at radius 2 is 1.72 bits per heavy atom. The first kappa shape index (κ1) is 20.3. The number of para-hydroxylation sites is 1. The third-order valence-electron chi connectivity index (χ3n) is 4.16. The number of hydrogen-bond donors (Lipinski definition) is 0. The maximum Gasteiger partial charge on any atom is 0.346 e. The highest BCUT2D eigenvalue weighted by Crippen LogP contribution is 2.26. The van der Waals surface area contributed by atoms with Crippen molar-refractivity contribution in [3.63, 3.8) is 0 Å². The van der Waals surface area contributed by atoms with E-state index in [-0.39, 0.29) is 28.8 Å². The Morgan fingerprint density at radius 1 is 1.07 bits per heavy atom. The summed E-state index contributed by atoms with van der Waals surface area (Å²) in [5.74, 6) is -1.32. The van der Waals surface area contributed by atoms with E-state index in [2.05, 4.69) is 6.58 Å². The van der Waals surface area contributed by atoms with E-state index >= 15 is 0 Å². The lowest BCUT2D eigenvalue weighted by Crippen LogP contribution is -2.38. The molecule has 0 bridgehead atoms. The number of carbonyl (C=O) groups excluding carboxylic acids is 3. The number of rotatable bonds is 7. The monoisotopic (exact) mass is 414 g/mol. The van der Waals surface area contributed by atoms with Crippen LogP contribution in [0.5, 0.6) is 0 Å². The number of carbonyl (C=O) groups is 3. The van der Waals surface area contributed by atoms with Crippen molar-refractivity contribution in [3.8, 4) is 0 Å². The number of nitrogens with zero attached hydrogens (tertiary/aromatic N) is 2. The van der Waals surface area contributed by atoms with Crippen molar-refractivity contribution in [2.75, 3.05) is 18.1 Å². The molecule has 1 saturated heterocycles. The number of anilines is 1. The van der Waals surface area contributed by atoms with Crippen LogP contribution in [0.1, 0.15) is 5.56 Å². The van der Waals surface area contributed by atoms with Crippen molar-refractivity contribution in [2.45, 2.75) is 11.3 Å². The average molecular weight is 414 g/mol. The Morgan fingerprint density at radius 3 is 2.34 bits per heavy atom. The first-order valence-electron chi connectivity index (χ1n) is 8.65. The van der Waals surface area contributed by atoms with Crippen LogP contribution in [-0.2, 0) is 30.8 Å². The first-order chi connectivity index (χ1) is 13.8. The number of ether oxygens (including phenoxy) is 1. The van der Waals surface area contributed by atoms with Gasteiger partial charge in [-0.25, -0.2) is 13.2 Å². The van der Waals surface area contributed by atoms with Crippen LogP contribution >= 0.6 is 0 Å². The van der Waals surface area contributed by atoms with Crippen LogP contribution in [0.3, 0.4) is 0 Å². The molecular weight excluding hydrogens is 396 g/mol. The molecule has 0 spiro atoms. The summed E-state index contributed by atoms with van der Waals surface area (Å²) >= 11 is 0. The zero-order valence-electron chi connectivity index (χ0n) is 15.4. The highest BCUT2D eigenvalue weighted by molar-refractivity contribution is 7.90. The quantitative estimate of drug-likeness (QED) is 0.391. The zero-order chi connectivity index (χ0) is 21.0. The number of hydrogen-bond acceptors (Lipinski definition) is 6. The van der Waals surface area contributed by atoms with Crippen molar-refractivity contribution < 1.29 is 27.5 Å². The molecule has 0 aliphatic carbocycles. The number of amides is 3. The molecule has 0 saturated carbocycles. The highest BCUT2D eigenvalue weighted by Gasteiger charge is 2.45. The largest absolute Gasteiger partial charge is 0.461 e. The number of esters is 1. The Balaban J connectivity index is 1.80. The molecule has 29 heavy (non-hydrogen) atoms. The van der Waals surface area contributed by atoms with Gasteiger partial charge in [0.15, 0.2) is 0 Å². The second-order valence-corrected chi connectivity index (χ2v) is 7.95. The predicted octanol–water partition coefficient (Wildman–Crippen LogP) is 2.12. The second kappa shape index (κ2) is 8.27. The maximum atomic E-state index is 12.9. The minimum Gasteiger partial charge on any atom is -0.461 e. The van der Waals surface area contributed by atoms with Gasteiger partial charge in [-0.2, -0.15) is 0 Å². The lowest BCUT2D eigenvalue weighted by atomic mass is 10.1. The van der Waals surface area contributed by atoms with E-state index in [1.807, 2.05) is 0 Å². The topological polar surface area (TPSA) is 101 Å². The summed E-state index contributed by atoms with van der Waals surface area (Å²) < 4.78 is 30.9. The van der Waals surface area contributed by atoms with Crippen LogP contribution in [0.2, 0.25) is 0 Å². The highest BCUT2D eigenvalue weighted by atomic mass is 32.2. The minimum atomic E-state index is -4.37. The van der Waals surface area contributed by atoms with Gasteiger partial charge in [0, 0.05) is 5.69 Å². The number of imide groups is 1. The molecule has 150 valence electrons. The summed E-state index contributed by atoms with van der Waals surface area (Å²) in [5, 5.41) is 0. The molecule has 0 atom stereocenters. The van der Waals surface area contributed by atoms with Gasteiger partial charge in [-0.05, 0) is 29.8 Å². The van der Waals surface area contributed by atoms with Crippen molar-refractivity contribution in [2.24, 2.45) is 0 Å². The SMILES string of the molecule is C=CCOC(=O)Cc1ccc(S(=O)(=O)N2C(=O)CN(c3ccccc3)C2=O)cc1. The molecule has 9 heteroatoms. The predicted molar refractivity (Wildman–Crippen MR) is 105 cm³/mol. The van der Waals surface area contributed by atoms with Crippen molar-refractivity contribution in [1.29, 1.82) is 0 Å². The molecule has 0 N–H and O–H groups in total. The molecule has 0 unspecified atom stereocenters. The van der Waals surface area contributed by atoms with Gasteiger partial charge in [-0.3, -0.25) is 14.5 Å². The van der Waals surface area contributed by atoms with Gasteiger partial charge in [0.25, 0.3) is 15.9 Å². The summed E-state index contributed by atoms with van der Waals surface area (Å²) in [6.45, 7) is 3.17. The molecule has 0 aromatic heterocycles. The van der Waals surface area contributed by atoms with Crippen LogP contribution in [0, 0.1) is 0 Å². The van der Waals surface area contributed by atoms with Gasteiger partial charge in [-0.15, -0.1) is 4.31 Å². The first-order valence-corrected chi connectivity index (χ1v) is 10.1. The molecule has 1 fully saturated rings. The minimum absolute atomic E-state index is 0.0441. The standard InChI is InChI=1S/C20H18N2O6S/c1-2-12-28-19(24)13-15-8-10-17(11-9-15)29(26,27)22-18(23)14-21(20(22)25)16-6-4-3-5-7-16/h2-11H,1,12-14H2. The van der Waals surface area contributed by atoms with Crippen LogP contribution in [-0.4, -0.2) is 43.8 Å². The molecule has 1 aliphatic rings. The molecule has 1 heterocycles. The molecule has 0 radical (unpaired) electrons. The average Bonchev–Trinajstić information content (AvgIpc) is 3.02. The normalized spacial score (nSPS) is 14.2. The molecule has 2 aromatic rings. The summed E-state index contributed by atoms with van der Waals surface area (Å²) in [7, 11) is -4.37. The Bertz CT molecular complexity index is 1050. The summed E-state index contributed by atoms with van der Waals surface area (Å²) in [6, 6.07) is 12.8. The fraction of sp³-hybridized carbons (Fsp3) is 0.150. The van der Waals surface area contributed by atoms with Crippen molar-refractivity contribution in [1.82, 2.24) is 4.31 Å². The van der Waals surface area contributed by atoms with E-state index in [4.69, 9.17) is 4.74 Å². The van der Waals surface area contributed by atoms with E-state index in [0.717, 1.165) is 4.90 Å². The molecule has 3 amide bonds. The number of sulfonamides is 1. The molecule has 8 nitrogen and oxygen atoms in total. The van der Waals surface area contributed by atoms with Crippen LogP contribution in [0.15, 0.2) is 72.1 Å². The van der Waals surface area contributed by atoms with Gasteiger partial charge >= 0.3 is 12.0 Å². The Kier molecular flexibility index (Phi) is 5.79. The van der Waals surface area contributed by atoms with E-state index in [1.165, 1.54) is 30.3 Å². The summed E-state index contributed by atoms with van der Waals surface area (Å²) in [4.78, 5) is 37.5. The van der Waals surface area contributed by atoms with Gasteiger partial charge in [0.2, 0.25) is 0 Å². The maximum absolute atomic E-state index is 12.9. The van der Waals surface area contributed by atoms with E-state index in [9.17, 15) is 22.8 Å². The van der Waals surface area contributed by atoms with E-state index < -0.39 is 27.9 Å². The number of urea groups is 1. The van der Waals surface area contributed by atoms with Gasteiger partial charge in [-0.1, -0.05) is 43.0 Å². The molecular formula is C20H18N2O6S. The van der Waals surface area contributed by atoms with Crippen molar-refractivity contribution >= 4 is 33.6 Å². The summed E-state index contributed by atoms with van der Waals surface area (Å²) in [6.07, 6.45) is 1.40. The third kappa shape index (κ3) is 4.19. The van der Waals surface area contributed by atoms with Crippen molar-refractivity contribution in [3.05, 3.63) is 72.8 Å². The number of benzene rings is 2. The Labute approximate surface area is 168 Å². The van der Waals surface area contributed by atoms with Gasteiger partial charge in [0.05, 0.1) is 11.3 Å². The van der Waals surface area contributed by atoms with E-state index in [0.29, 0.717) is 11.3 Å². The summed E-state index contributed by atoms with van der Waals surface area (Å²) in [5.41, 5.74) is 0.958. The molecule has 3 rings (SSSR count). The third-order valence-corrected chi connectivity index (χ3v) is 5.87. The van der Waals surface area contributed by atoms with Gasteiger partial charge < -0.3 is 4.74 Å². The van der Waals surface area contributed by atoms with Gasteiger partial charge in [0.1, 0.15) is 13.2 Å². The van der Waals surface area contributed by atoms with Crippen LogP contribution in [0.25, 0.3) is 0 Å². The van der Waals surface area contributed by atoms with Crippen LogP contribution < -0.4 is 4.90 Å². The fourth-order valence-corrected chi connectivity index (χ4v) is 4.11. The lowest BCUT2D eigenvalue weighted by molar-refractivity contribution is -0.141. The van der Waals surface area contributed by atoms with Crippen LogP contribution in [0.4, 0.5) is 10.5 Å². The van der Waals surface area contributed by atoms with E-state index in [1.54, 1.807) is 30.3 Å². The Hall–Kier alpha value is -3.46. The lowest BCUT2D eigenvalue weighted by Gasteiger charge is -2.17.